The highest BCUT2D eigenvalue weighted by atomic mass is 19.1. The van der Waals surface area contributed by atoms with Gasteiger partial charge in [-0.3, -0.25) is 24.1 Å². The summed E-state index contributed by atoms with van der Waals surface area (Å²) in [5.41, 5.74) is -1.79. The van der Waals surface area contributed by atoms with Gasteiger partial charge in [0.15, 0.2) is 11.4 Å². The Labute approximate surface area is 186 Å². The number of aromatic hydroxyl groups is 1. The number of pyridine rings is 1. The summed E-state index contributed by atoms with van der Waals surface area (Å²) >= 11 is 0. The number of aromatic nitrogens is 1. The smallest absolute Gasteiger partial charge is 0.278 e. The van der Waals surface area contributed by atoms with E-state index in [4.69, 9.17) is 0 Å². The maximum atomic E-state index is 13.9. The summed E-state index contributed by atoms with van der Waals surface area (Å²) in [5.74, 6) is -4.05. The van der Waals surface area contributed by atoms with Gasteiger partial charge in [0.1, 0.15) is 29.5 Å². The van der Waals surface area contributed by atoms with Crippen LogP contribution in [0.5, 0.6) is 5.75 Å². The van der Waals surface area contributed by atoms with E-state index >= 15 is 0 Å². The lowest BCUT2D eigenvalue weighted by molar-refractivity contribution is 0.0471. The minimum Gasteiger partial charge on any atom is -0.502 e. The number of carbonyl (C=O) groups excluding carboxylic acids is 2. The molecule has 2 aromatic rings. The lowest BCUT2D eigenvalue weighted by Crippen LogP contribution is -2.64. The Kier molecular flexibility index (Phi) is 5.06. The van der Waals surface area contributed by atoms with Gasteiger partial charge >= 0.3 is 0 Å². The quantitative estimate of drug-likeness (QED) is 0.723. The fourth-order valence-corrected chi connectivity index (χ4v) is 4.59. The van der Waals surface area contributed by atoms with Crippen molar-refractivity contribution in [1.29, 1.82) is 0 Å². The van der Waals surface area contributed by atoms with Gasteiger partial charge in [-0.1, -0.05) is 6.07 Å². The summed E-state index contributed by atoms with van der Waals surface area (Å²) in [6, 6.07) is 2.29. The third-order valence-corrected chi connectivity index (χ3v) is 6.38. The van der Waals surface area contributed by atoms with Crippen LogP contribution in [-0.2, 0) is 6.54 Å². The van der Waals surface area contributed by atoms with Crippen LogP contribution < -0.4 is 15.8 Å². The van der Waals surface area contributed by atoms with Crippen molar-refractivity contribution in [2.24, 2.45) is 0 Å². The van der Waals surface area contributed by atoms with E-state index in [1.165, 1.54) is 21.8 Å². The Hall–Kier alpha value is -3.50. The van der Waals surface area contributed by atoms with Gasteiger partial charge in [-0.25, -0.2) is 13.2 Å². The van der Waals surface area contributed by atoms with Crippen molar-refractivity contribution in [3.63, 3.8) is 0 Å². The summed E-state index contributed by atoms with van der Waals surface area (Å²) in [6.07, 6.45) is 1.99. The number of nitrogens with zero attached hydrogens (tertiary/aromatic N) is 3. The van der Waals surface area contributed by atoms with Crippen molar-refractivity contribution in [2.45, 2.75) is 50.6 Å². The zero-order chi connectivity index (χ0) is 23.4. The molecular weight excluding hydrogens is 441 g/mol. The number of halogens is 3. The highest BCUT2D eigenvalue weighted by Crippen LogP contribution is 2.39. The van der Waals surface area contributed by atoms with Crippen LogP contribution in [0.2, 0.25) is 0 Å². The van der Waals surface area contributed by atoms with Gasteiger partial charge in [0.05, 0.1) is 6.04 Å². The van der Waals surface area contributed by atoms with Crippen molar-refractivity contribution in [3.8, 4) is 5.75 Å². The Morgan fingerprint density at radius 3 is 2.67 bits per heavy atom. The average Bonchev–Trinajstić information content (AvgIpc) is 3.50. The lowest BCUT2D eigenvalue weighted by atomic mass is 10.0. The number of hydrogen-bond donors (Lipinski definition) is 2. The van der Waals surface area contributed by atoms with Gasteiger partial charge < -0.3 is 15.3 Å². The molecule has 0 unspecified atom stereocenters. The average molecular weight is 462 g/mol. The van der Waals surface area contributed by atoms with Crippen LogP contribution in [0.3, 0.4) is 0 Å². The van der Waals surface area contributed by atoms with Gasteiger partial charge in [-0.05, 0) is 25.3 Å². The van der Waals surface area contributed by atoms with E-state index in [1.54, 1.807) is 5.01 Å². The number of benzene rings is 1. The van der Waals surface area contributed by atoms with Crippen LogP contribution in [-0.4, -0.2) is 51.4 Å². The number of piperidine rings is 1. The highest BCUT2D eigenvalue weighted by Gasteiger charge is 2.52. The number of nitrogens with one attached hydrogen (secondary N) is 1. The maximum Gasteiger partial charge on any atom is 0.278 e. The molecule has 2 aliphatic heterocycles. The van der Waals surface area contributed by atoms with E-state index in [0.717, 1.165) is 18.9 Å². The van der Waals surface area contributed by atoms with Crippen LogP contribution in [0.1, 0.15) is 52.1 Å². The molecular formula is C22H21F3N4O4. The largest absolute Gasteiger partial charge is 0.502 e. The summed E-state index contributed by atoms with van der Waals surface area (Å²) in [4.78, 5) is 40.0. The molecule has 1 saturated heterocycles. The lowest BCUT2D eigenvalue weighted by Gasteiger charge is -2.49. The number of rotatable bonds is 4. The predicted molar refractivity (Wildman–Crippen MR) is 110 cm³/mol. The topological polar surface area (TPSA) is 94.9 Å². The van der Waals surface area contributed by atoms with Gasteiger partial charge in [0, 0.05) is 37.3 Å². The van der Waals surface area contributed by atoms with Crippen molar-refractivity contribution in [3.05, 3.63) is 63.1 Å². The molecule has 3 heterocycles. The molecule has 0 bridgehead atoms. The predicted octanol–water partition coefficient (Wildman–Crippen LogP) is 1.78. The number of hydrogen-bond acceptors (Lipinski definition) is 5. The van der Waals surface area contributed by atoms with E-state index in [1.807, 2.05) is 0 Å². The maximum absolute atomic E-state index is 13.9. The Morgan fingerprint density at radius 1 is 1.21 bits per heavy atom. The molecule has 0 radical (unpaired) electrons. The molecule has 174 valence electrons. The van der Waals surface area contributed by atoms with Gasteiger partial charge in [-0.2, -0.15) is 0 Å². The number of carbonyl (C=O) groups is 2. The molecule has 2 N–H and O–H groups in total. The first kappa shape index (κ1) is 21.4. The summed E-state index contributed by atoms with van der Waals surface area (Å²) in [5, 5.41) is 14.7. The van der Waals surface area contributed by atoms with Crippen LogP contribution in [0.15, 0.2) is 29.2 Å². The van der Waals surface area contributed by atoms with Gasteiger partial charge in [-0.15, -0.1) is 0 Å². The van der Waals surface area contributed by atoms with Crippen molar-refractivity contribution >= 4 is 11.8 Å². The second-order valence-electron chi connectivity index (χ2n) is 8.50. The summed E-state index contributed by atoms with van der Waals surface area (Å²) in [6.45, 7) is 0.167. The molecule has 1 saturated carbocycles. The monoisotopic (exact) mass is 462 g/mol. The number of amides is 2. The minimum absolute atomic E-state index is 0.0131. The molecule has 5 rings (SSSR count). The molecule has 33 heavy (non-hydrogen) atoms. The molecule has 11 heteroatoms. The molecule has 1 aromatic heterocycles. The van der Waals surface area contributed by atoms with Gasteiger partial charge in [0.25, 0.3) is 11.8 Å². The number of fused-ring (bicyclic) bond motifs is 3. The zero-order valence-corrected chi connectivity index (χ0v) is 17.4. The summed E-state index contributed by atoms with van der Waals surface area (Å²) < 4.78 is 42.1. The molecule has 2 amide bonds. The second-order valence-corrected chi connectivity index (χ2v) is 8.50. The first-order valence-electron chi connectivity index (χ1n) is 10.7. The fourth-order valence-electron chi connectivity index (χ4n) is 4.59. The van der Waals surface area contributed by atoms with Crippen LogP contribution in [0.25, 0.3) is 0 Å². The molecule has 1 aliphatic carbocycles. The Morgan fingerprint density at radius 2 is 1.97 bits per heavy atom. The molecule has 2 fully saturated rings. The van der Waals surface area contributed by atoms with E-state index in [0.29, 0.717) is 19.0 Å². The van der Waals surface area contributed by atoms with Crippen LogP contribution in [0.4, 0.5) is 13.2 Å². The van der Waals surface area contributed by atoms with E-state index < -0.39 is 58.6 Å². The van der Waals surface area contributed by atoms with Crippen LogP contribution in [0, 0.1) is 11.6 Å². The summed E-state index contributed by atoms with van der Waals surface area (Å²) in [7, 11) is 0. The SMILES string of the molecule is O=C(NCc1ccc(F)cc1F)c1cn2c(c(O)c1=O)C(=O)N([C@@H]1C[C@@H]1F)[C@@H]1CCCCN12. The molecule has 3 atom stereocenters. The minimum atomic E-state index is -1.14. The van der Waals surface area contributed by atoms with E-state index in [-0.39, 0.29) is 24.2 Å². The molecule has 0 spiro atoms. The first-order chi connectivity index (χ1) is 15.8. The fraction of sp³-hybridized carbons (Fsp3) is 0.409. The van der Waals surface area contributed by atoms with Gasteiger partial charge in [0.2, 0.25) is 5.43 Å². The van der Waals surface area contributed by atoms with Crippen molar-refractivity contribution in [1.82, 2.24) is 14.9 Å². The normalized spacial score (nSPS) is 23.7. The Balaban J connectivity index is 1.49. The van der Waals surface area contributed by atoms with E-state index in [2.05, 4.69) is 5.32 Å². The third kappa shape index (κ3) is 3.51. The van der Waals surface area contributed by atoms with E-state index in [9.17, 15) is 32.7 Å². The zero-order valence-electron chi connectivity index (χ0n) is 17.4. The third-order valence-electron chi connectivity index (χ3n) is 6.38. The number of alkyl halides is 1. The van der Waals surface area contributed by atoms with Crippen molar-refractivity contribution in [2.75, 3.05) is 11.6 Å². The highest BCUT2D eigenvalue weighted by molar-refractivity contribution is 5.99. The van der Waals surface area contributed by atoms with Crippen molar-refractivity contribution < 1.29 is 27.9 Å². The van der Waals surface area contributed by atoms with Crippen LogP contribution >= 0.6 is 0 Å². The standard InChI is InChI=1S/C22H21F3N4O4/c23-12-5-4-11(14(24)7-12)9-26-21(32)13-10-28-18(20(31)19(13)30)22(33)29(16-8-15(16)25)17-3-1-2-6-27(17)28/h4-5,7,10,15-17,31H,1-3,6,8-9H2,(H,26,32)/t15-,16+,17+/m0/s1. The molecule has 3 aliphatic rings. The molecule has 1 aromatic carbocycles. The second kappa shape index (κ2) is 7.82. The Bertz CT molecular complexity index is 1220. The first-order valence-corrected chi connectivity index (χ1v) is 10.7. The molecule has 8 nitrogen and oxygen atoms in total.